The van der Waals surface area contributed by atoms with E-state index >= 15 is 0 Å². The van der Waals surface area contributed by atoms with Crippen molar-refractivity contribution in [1.29, 1.82) is 0 Å². The van der Waals surface area contributed by atoms with E-state index < -0.39 is 0 Å². The normalized spacial score (nSPS) is 13.3. The van der Waals surface area contributed by atoms with Gasteiger partial charge in [-0.15, -0.1) is 0 Å². The smallest absolute Gasteiger partial charge is 0.309 e. The maximum Gasteiger partial charge on any atom is 0.309 e. The van der Waals surface area contributed by atoms with Gasteiger partial charge >= 0.3 is 11.9 Å². The van der Waals surface area contributed by atoms with Crippen LogP contribution in [0, 0.1) is 10.8 Å². The summed E-state index contributed by atoms with van der Waals surface area (Å²) < 4.78 is 10.9. The van der Waals surface area contributed by atoms with Gasteiger partial charge in [0.15, 0.2) is 0 Å². The molecule has 0 heterocycles. The minimum absolute atomic E-state index is 0.0205. The van der Waals surface area contributed by atoms with Gasteiger partial charge < -0.3 is 14.4 Å². The zero-order valence-corrected chi connectivity index (χ0v) is 35.2. The van der Waals surface area contributed by atoms with Crippen molar-refractivity contribution in [2.45, 2.75) is 188 Å². The van der Waals surface area contributed by atoms with E-state index in [2.05, 4.69) is 81.8 Å². The second-order valence-electron chi connectivity index (χ2n) is 16.8. The molecule has 6 heteroatoms. The Balaban J connectivity index is 4.57. The van der Waals surface area contributed by atoms with E-state index in [9.17, 15) is 14.4 Å². The number of nitrogens with zero attached hydrogens (tertiary/aromatic N) is 1. The van der Waals surface area contributed by atoms with Gasteiger partial charge in [-0.3, -0.25) is 14.4 Å². The van der Waals surface area contributed by atoms with Crippen LogP contribution in [-0.4, -0.2) is 56.5 Å². The molecule has 52 heavy (non-hydrogen) atoms. The molecule has 1 unspecified atom stereocenters. The van der Waals surface area contributed by atoms with Crippen LogP contribution >= 0.6 is 0 Å². The number of allylic oxidation sites excluding steroid dienone is 7. The van der Waals surface area contributed by atoms with Gasteiger partial charge in [-0.05, 0) is 115 Å². The van der Waals surface area contributed by atoms with Crippen LogP contribution in [-0.2, 0) is 23.9 Å². The fourth-order valence-electron chi connectivity index (χ4n) is 6.83. The summed E-state index contributed by atoms with van der Waals surface area (Å²) in [7, 11) is 5.66. The number of unbranched alkanes of at least 4 members (excludes halogenated alkanes) is 12. The van der Waals surface area contributed by atoms with Crippen LogP contribution in [0.25, 0.3) is 0 Å². The van der Waals surface area contributed by atoms with Crippen molar-refractivity contribution < 1.29 is 23.9 Å². The summed E-state index contributed by atoms with van der Waals surface area (Å²) in [6, 6.07) is 0. The Morgan fingerprint density at radius 1 is 0.596 bits per heavy atom. The zero-order chi connectivity index (χ0) is 38.9. The summed E-state index contributed by atoms with van der Waals surface area (Å²) in [5, 5.41) is 0. The van der Waals surface area contributed by atoms with Crippen molar-refractivity contribution in [3.05, 3.63) is 48.6 Å². The van der Waals surface area contributed by atoms with Crippen molar-refractivity contribution >= 4 is 17.7 Å². The van der Waals surface area contributed by atoms with Gasteiger partial charge in [0.25, 0.3) is 0 Å². The Bertz CT molecular complexity index is 1040. The van der Waals surface area contributed by atoms with Crippen LogP contribution in [0.3, 0.4) is 0 Å². The van der Waals surface area contributed by atoms with Crippen LogP contribution in [0.1, 0.15) is 182 Å². The first-order valence-electron chi connectivity index (χ1n) is 20.8. The minimum atomic E-state index is -0.201. The lowest BCUT2D eigenvalue weighted by Gasteiger charge is -2.35. The SMILES string of the molecule is COC(=O)C/C=C\C/C=C\CCCCCCCCC(CCCCCCCC/C=C\C/C=C\CC(C)=O)OC(=O)CC(C)(C)CC(C)(C)CCN(C)C. The molecule has 300 valence electrons. The highest BCUT2D eigenvalue weighted by Gasteiger charge is 2.32. The predicted octanol–water partition coefficient (Wildman–Crippen LogP) is 12.5. The van der Waals surface area contributed by atoms with E-state index in [1.54, 1.807) is 6.92 Å². The van der Waals surface area contributed by atoms with Crippen molar-refractivity contribution in [3.63, 3.8) is 0 Å². The molecular weight excluding hydrogens is 647 g/mol. The number of rotatable bonds is 34. The number of ether oxygens (including phenoxy) is 2. The van der Waals surface area contributed by atoms with Gasteiger partial charge in [-0.25, -0.2) is 0 Å². The Labute approximate surface area is 321 Å². The van der Waals surface area contributed by atoms with Crippen molar-refractivity contribution in [2.75, 3.05) is 27.7 Å². The van der Waals surface area contributed by atoms with Crippen LogP contribution < -0.4 is 0 Å². The molecule has 0 amide bonds. The van der Waals surface area contributed by atoms with Crippen LogP contribution in [0.15, 0.2) is 48.6 Å². The maximum atomic E-state index is 13.3. The quantitative estimate of drug-likeness (QED) is 0.0373. The van der Waals surface area contributed by atoms with E-state index in [1.807, 2.05) is 18.2 Å². The van der Waals surface area contributed by atoms with Crippen molar-refractivity contribution in [1.82, 2.24) is 4.90 Å². The molecular formula is C46H81NO5. The fraction of sp³-hybridized carbons (Fsp3) is 0.761. The van der Waals surface area contributed by atoms with Gasteiger partial charge in [0, 0.05) is 6.42 Å². The van der Waals surface area contributed by atoms with E-state index in [0.29, 0.717) is 19.3 Å². The third-order valence-electron chi connectivity index (χ3n) is 9.54. The number of hydrogen-bond acceptors (Lipinski definition) is 6. The molecule has 0 aromatic rings. The van der Waals surface area contributed by atoms with Crippen molar-refractivity contribution in [3.8, 4) is 0 Å². The lowest BCUT2D eigenvalue weighted by molar-refractivity contribution is -0.152. The first kappa shape index (κ1) is 49.5. The molecule has 0 spiro atoms. The molecule has 1 atom stereocenters. The molecule has 0 N–H and O–H groups in total. The summed E-state index contributed by atoms with van der Waals surface area (Å²) in [4.78, 5) is 37.6. The Hall–Kier alpha value is -2.47. The molecule has 0 fully saturated rings. The number of methoxy groups -OCH3 is 1. The predicted molar refractivity (Wildman–Crippen MR) is 221 cm³/mol. The number of Topliss-reactive ketones (excluding diaryl/α,β-unsaturated/α-hetero) is 1. The summed E-state index contributed by atoms with van der Waals surface area (Å²) in [6.45, 7) is 11.8. The van der Waals surface area contributed by atoms with Gasteiger partial charge in [0.05, 0.1) is 20.0 Å². The number of carbonyl (C=O) groups is 3. The first-order chi connectivity index (χ1) is 24.8. The van der Waals surface area contributed by atoms with E-state index in [0.717, 1.165) is 70.8 Å². The molecule has 0 aliphatic carbocycles. The molecule has 0 saturated carbocycles. The largest absolute Gasteiger partial charge is 0.469 e. The topological polar surface area (TPSA) is 72.9 Å². The molecule has 0 aliphatic rings. The third kappa shape index (κ3) is 34.6. The number of carbonyl (C=O) groups excluding carboxylic acids is 3. The summed E-state index contributed by atoms with van der Waals surface area (Å²) in [5.41, 5.74) is 0.0909. The first-order valence-corrected chi connectivity index (χ1v) is 20.8. The highest BCUT2D eigenvalue weighted by Crippen LogP contribution is 2.39. The van der Waals surface area contributed by atoms with E-state index in [-0.39, 0.29) is 34.7 Å². The highest BCUT2D eigenvalue weighted by molar-refractivity contribution is 5.76. The van der Waals surface area contributed by atoms with Gasteiger partial charge in [0.1, 0.15) is 11.9 Å². The Kier molecular flexibility index (Phi) is 30.5. The molecule has 0 aliphatic heterocycles. The standard InChI is InChI=1S/C46H81NO5/c1-41(48)33-29-25-21-17-13-9-10-14-18-22-26-30-34-42(52-44(50)39-46(4,5)40-45(2,3)37-38-47(6)7)35-31-27-23-19-15-11-12-16-20-24-28-32-36-43(49)51-8/h13,16-17,20,25,28-29,32,42H,9-12,14-15,18-19,21-24,26-27,30-31,33-40H2,1-8H3/b17-13-,20-16-,29-25-,32-28-. The Morgan fingerprint density at radius 2 is 1.06 bits per heavy atom. The molecule has 0 aromatic heterocycles. The number of hydrogen-bond donors (Lipinski definition) is 0. The number of esters is 2. The lowest BCUT2D eigenvalue weighted by atomic mass is 9.72. The highest BCUT2D eigenvalue weighted by atomic mass is 16.5. The van der Waals surface area contributed by atoms with Crippen LogP contribution in [0.5, 0.6) is 0 Å². The van der Waals surface area contributed by atoms with Crippen molar-refractivity contribution in [2.24, 2.45) is 10.8 Å². The number of ketones is 1. The second kappa shape index (κ2) is 32.0. The lowest BCUT2D eigenvalue weighted by Crippen LogP contribution is -2.30. The average Bonchev–Trinajstić information content (AvgIpc) is 3.06. The molecule has 0 bridgehead atoms. The van der Waals surface area contributed by atoms with E-state index in [4.69, 9.17) is 4.74 Å². The monoisotopic (exact) mass is 728 g/mol. The summed E-state index contributed by atoms with van der Waals surface area (Å²) in [6.07, 6.45) is 40.8. The molecule has 6 nitrogen and oxygen atoms in total. The van der Waals surface area contributed by atoms with Crippen LogP contribution in [0.4, 0.5) is 0 Å². The van der Waals surface area contributed by atoms with Gasteiger partial charge in [0.2, 0.25) is 0 Å². The third-order valence-corrected chi connectivity index (χ3v) is 9.54. The molecule has 0 rings (SSSR count). The Morgan fingerprint density at radius 3 is 1.54 bits per heavy atom. The van der Waals surface area contributed by atoms with E-state index in [1.165, 1.54) is 71.3 Å². The minimum Gasteiger partial charge on any atom is -0.469 e. The van der Waals surface area contributed by atoms with Crippen LogP contribution in [0.2, 0.25) is 0 Å². The molecule has 0 radical (unpaired) electrons. The molecule has 0 saturated heterocycles. The summed E-state index contributed by atoms with van der Waals surface area (Å²) >= 11 is 0. The maximum absolute atomic E-state index is 13.3. The average molecular weight is 728 g/mol. The fourth-order valence-corrected chi connectivity index (χ4v) is 6.83. The molecule has 0 aromatic carbocycles. The summed E-state index contributed by atoms with van der Waals surface area (Å²) in [5.74, 6) is -0.0115. The zero-order valence-electron chi connectivity index (χ0n) is 35.2. The van der Waals surface area contributed by atoms with Gasteiger partial charge in [-0.2, -0.15) is 0 Å². The second-order valence-corrected chi connectivity index (χ2v) is 16.8. The van der Waals surface area contributed by atoms with Gasteiger partial charge in [-0.1, -0.05) is 128 Å².